The van der Waals surface area contributed by atoms with Crippen molar-refractivity contribution in [3.05, 3.63) is 77.4 Å². The molecule has 4 rings (SSSR count). The summed E-state index contributed by atoms with van der Waals surface area (Å²) in [7, 11) is 3.23. The van der Waals surface area contributed by atoms with Crippen molar-refractivity contribution in [2.75, 3.05) is 27.4 Å². The zero-order valence-corrected chi connectivity index (χ0v) is 22.3. The minimum Gasteiger partial charge on any atom is -0.497 e. The van der Waals surface area contributed by atoms with Crippen LogP contribution in [0.3, 0.4) is 0 Å². The van der Waals surface area contributed by atoms with Crippen molar-refractivity contribution >= 4 is 29.6 Å². The predicted molar refractivity (Wildman–Crippen MR) is 145 cm³/mol. The van der Waals surface area contributed by atoms with Crippen LogP contribution in [0.15, 0.2) is 71.4 Å². The topological polar surface area (TPSA) is 104 Å². The SMILES string of the molecule is CCOC(=O)/C=C/C(=O)OCC(=O)N1N=C2/C(=C/c3ccc(OC)cc3)CCCC2C1c1ccc(OC)cc1. The molecular formula is C30H32N2O7. The van der Waals surface area contributed by atoms with Crippen molar-refractivity contribution in [1.29, 1.82) is 0 Å². The molecule has 2 unspecified atom stereocenters. The minimum atomic E-state index is -0.818. The van der Waals surface area contributed by atoms with Crippen molar-refractivity contribution in [3.63, 3.8) is 0 Å². The van der Waals surface area contributed by atoms with Gasteiger partial charge in [0.2, 0.25) is 0 Å². The first-order chi connectivity index (χ1) is 18.9. The second-order valence-electron chi connectivity index (χ2n) is 9.08. The van der Waals surface area contributed by atoms with Crippen LogP contribution in [0.25, 0.3) is 6.08 Å². The lowest BCUT2D eigenvalue weighted by molar-refractivity contribution is -0.149. The predicted octanol–water partition coefficient (Wildman–Crippen LogP) is 4.49. The van der Waals surface area contributed by atoms with Gasteiger partial charge in [0.1, 0.15) is 11.5 Å². The van der Waals surface area contributed by atoms with Crippen LogP contribution in [0.5, 0.6) is 11.5 Å². The highest BCUT2D eigenvalue weighted by Crippen LogP contribution is 2.44. The van der Waals surface area contributed by atoms with Gasteiger partial charge in [-0.15, -0.1) is 0 Å². The number of esters is 2. The molecule has 9 heteroatoms. The quantitative estimate of drug-likeness (QED) is 0.346. The van der Waals surface area contributed by atoms with Gasteiger partial charge in [-0.3, -0.25) is 4.79 Å². The van der Waals surface area contributed by atoms with E-state index in [1.54, 1.807) is 21.1 Å². The van der Waals surface area contributed by atoms with E-state index in [1.165, 1.54) is 5.01 Å². The summed E-state index contributed by atoms with van der Waals surface area (Å²) in [6, 6.07) is 15.0. The molecule has 2 aromatic carbocycles. The first kappa shape index (κ1) is 27.6. The fourth-order valence-electron chi connectivity index (χ4n) is 4.82. The van der Waals surface area contributed by atoms with E-state index in [2.05, 4.69) is 6.08 Å². The highest BCUT2D eigenvalue weighted by Gasteiger charge is 2.43. The molecule has 2 aromatic rings. The van der Waals surface area contributed by atoms with Gasteiger partial charge in [-0.1, -0.05) is 24.3 Å². The number of ether oxygens (including phenoxy) is 4. The van der Waals surface area contributed by atoms with E-state index in [0.717, 1.165) is 59.6 Å². The molecule has 2 aliphatic rings. The van der Waals surface area contributed by atoms with Crippen molar-refractivity contribution in [2.45, 2.75) is 32.2 Å². The number of nitrogens with zero attached hydrogens (tertiary/aromatic N) is 2. The third-order valence-electron chi connectivity index (χ3n) is 6.65. The average molecular weight is 533 g/mol. The van der Waals surface area contributed by atoms with Crippen LogP contribution in [0.1, 0.15) is 43.4 Å². The summed E-state index contributed by atoms with van der Waals surface area (Å²) in [4.78, 5) is 36.9. The van der Waals surface area contributed by atoms with E-state index >= 15 is 0 Å². The number of benzene rings is 2. The van der Waals surface area contributed by atoms with E-state index in [0.29, 0.717) is 5.75 Å². The van der Waals surface area contributed by atoms with Gasteiger partial charge in [-0.2, -0.15) is 5.10 Å². The number of methoxy groups -OCH3 is 2. The number of allylic oxidation sites excluding steroid dienone is 1. The Morgan fingerprint density at radius 2 is 1.54 bits per heavy atom. The van der Waals surface area contributed by atoms with Gasteiger partial charge < -0.3 is 18.9 Å². The Labute approximate surface area is 227 Å². The van der Waals surface area contributed by atoms with Crippen molar-refractivity contribution in [3.8, 4) is 11.5 Å². The molecule has 0 bridgehead atoms. The third kappa shape index (κ3) is 6.73. The van der Waals surface area contributed by atoms with Gasteiger partial charge in [-0.05, 0) is 73.2 Å². The summed E-state index contributed by atoms with van der Waals surface area (Å²) in [5.41, 5.74) is 3.86. The minimum absolute atomic E-state index is 0.0139. The summed E-state index contributed by atoms with van der Waals surface area (Å²) in [6.45, 7) is 1.34. The number of hydrogen-bond acceptors (Lipinski definition) is 8. The van der Waals surface area contributed by atoms with Crippen LogP contribution in [-0.4, -0.2) is 56.0 Å². The lowest BCUT2D eigenvalue weighted by atomic mass is 9.77. The fourth-order valence-corrected chi connectivity index (χ4v) is 4.82. The first-order valence-corrected chi connectivity index (χ1v) is 12.8. The molecule has 1 amide bonds. The molecule has 1 heterocycles. The Morgan fingerprint density at radius 3 is 2.15 bits per heavy atom. The maximum Gasteiger partial charge on any atom is 0.331 e. The Kier molecular flexibility index (Phi) is 9.14. The number of hydrogen-bond donors (Lipinski definition) is 0. The smallest absolute Gasteiger partial charge is 0.331 e. The molecule has 0 aromatic heterocycles. The van der Waals surface area contributed by atoms with Crippen LogP contribution < -0.4 is 9.47 Å². The summed E-state index contributed by atoms with van der Waals surface area (Å²) in [5.74, 6) is -0.464. The van der Waals surface area contributed by atoms with Gasteiger partial charge in [0.05, 0.1) is 32.6 Å². The number of rotatable bonds is 9. The molecule has 204 valence electrons. The zero-order chi connectivity index (χ0) is 27.8. The highest BCUT2D eigenvalue weighted by atomic mass is 16.5. The summed E-state index contributed by atoms with van der Waals surface area (Å²) in [6.07, 6.45) is 6.67. The molecule has 1 aliphatic heterocycles. The Balaban J connectivity index is 1.59. The van der Waals surface area contributed by atoms with Crippen LogP contribution in [0, 0.1) is 5.92 Å². The normalized spacial score (nSPS) is 19.4. The molecule has 2 atom stereocenters. The van der Waals surface area contributed by atoms with Crippen LogP contribution in [0.2, 0.25) is 0 Å². The molecule has 0 N–H and O–H groups in total. The molecule has 0 spiro atoms. The number of carbonyl (C=O) groups excluding carboxylic acids is 3. The first-order valence-electron chi connectivity index (χ1n) is 12.8. The molecule has 1 fully saturated rings. The van der Waals surface area contributed by atoms with Crippen LogP contribution >= 0.6 is 0 Å². The van der Waals surface area contributed by atoms with Gasteiger partial charge in [-0.25, -0.2) is 14.6 Å². The van der Waals surface area contributed by atoms with Gasteiger partial charge in [0, 0.05) is 18.1 Å². The molecule has 0 radical (unpaired) electrons. The Morgan fingerprint density at radius 1 is 0.923 bits per heavy atom. The number of carbonyl (C=O) groups is 3. The molecule has 1 saturated carbocycles. The standard InChI is InChI=1S/C30H32N2O7/c1-4-38-27(34)16-17-28(35)39-19-26(33)32-30(21-10-14-24(37-3)15-11-21)25-7-5-6-22(29(25)31-32)18-20-8-12-23(36-2)13-9-20/h8-18,25,30H,4-7,19H2,1-3H3/b17-16+,22-18+. The fraction of sp³-hybridized carbons (Fsp3) is 0.333. The second kappa shape index (κ2) is 12.9. The average Bonchev–Trinajstić information content (AvgIpc) is 3.36. The van der Waals surface area contributed by atoms with E-state index in [9.17, 15) is 14.4 Å². The van der Waals surface area contributed by atoms with E-state index in [-0.39, 0.29) is 18.6 Å². The molecular weight excluding hydrogens is 500 g/mol. The molecule has 9 nitrogen and oxygen atoms in total. The largest absolute Gasteiger partial charge is 0.497 e. The van der Waals surface area contributed by atoms with Gasteiger partial charge in [0.15, 0.2) is 6.61 Å². The molecule has 39 heavy (non-hydrogen) atoms. The van der Waals surface area contributed by atoms with Crippen molar-refractivity contribution < 1.29 is 33.3 Å². The number of fused-ring (bicyclic) bond motifs is 1. The van der Waals surface area contributed by atoms with E-state index in [1.807, 2.05) is 48.5 Å². The van der Waals surface area contributed by atoms with Crippen molar-refractivity contribution in [1.82, 2.24) is 5.01 Å². The summed E-state index contributed by atoms with van der Waals surface area (Å²) < 4.78 is 20.4. The highest BCUT2D eigenvalue weighted by molar-refractivity contribution is 6.08. The number of amides is 1. The monoisotopic (exact) mass is 532 g/mol. The lowest BCUT2D eigenvalue weighted by Gasteiger charge is -2.29. The maximum atomic E-state index is 13.3. The van der Waals surface area contributed by atoms with Gasteiger partial charge in [0.25, 0.3) is 5.91 Å². The van der Waals surface area contributed by atoms with Crippen LogP contribution in [-0.2, 0) is 23.9 Å². The Hall–Kier alpha value is -4.40. The number of hydrazone groups is 1. The van der Waals surface area contributed by atoms with Crippen molar-refractivity contribution in [2.24, 2.45) is 11.0 Å². The second-order valence-corrected chi connectivity index (χ2v) is 9.08. The third-order valence-corrected chi connectivity index (χ3v) is 6.65. The van der Waals surface area contributed by atoms with E-state index < -0.39 is 24.5 Å². The molecule has 0 saturated heterocycles. The van der Waals surface area contributed by atoms with Crippen LogP contribution in [0.4, 0.5) is 0 Å². The Bertz CT molecular complexity index is 1280. The zero-order valence-electron chi connectivity index (χ0n) is 22.3. The molecule has 1 aliphatic carbocycles. The maximum absolute atomic E-state index is 13.3. The van der Waals surface area contributed by atoms with Gasteiger partial charge >= 0.3 is 11.9 Å². The van der Waals surface area contributed by atoms with E-state index in [4.69, 9.17) is 24.0 Å². The summed E-state index contributed by atoms with van der Waals surface area (Å²) >= 11 is 0. The lowest BCUT2D eigenvalue weighted by Crippen LogP contribution is -2.34. The summed E-state index contributed by atoms with van der Waals surface area (Å²) in [5, 5.41) is 6.22.